The van der Waals surface area contributed by atoms with Gasteiger partial charge in [-0.15, -0.1) is 0 Å². The zero-order valence-electron chi connectivity index (χ0n) is 24.8. The van der Waals surface area contributed by atoms with E-state index in [-0.39, 0.29) is 0 Å². The summed E-state index contributed by atoms with van der Waals surface area (Å²) in [6, 6.07) is 58.7. The summed E-state index contributed by atoms with van der Waals surface area (Å²) in [5.74, 6) is 0. The summed E-state index contributed by atoms with van der Waals surface area (Å²) in [6.45, 7) is 0. The molecule has 0 amide bonds. The standard InChI is InChI=1S/C43H26N2S/c1-2-13-27(14-3-1)44-36-21-8-5-16-29(36)31-25-41-35(26-39(31)44)43(33-19-7-11-24-40(33)46-41)32-18-6-10-23-38(32)45-37-22-9-4-15-28(37)30-17-12-20-34(43)42(30)45/h1-26H. The largest absolute Gasteiger partial charge is 0.309 e. The summed E-state index contributed by atoms with van der Waals surface area (Å²) in [7, 11) is 0. The molecule has 0 N–H and O–H groups in total. The fraction of sp³-hybridized carbons (Fsp3) is 0.0233. The van der Waals surface area contributed by atoms with Gasteiger partial charge in [0.2, 0.25) is 0 Å². The lowest BCUT2D eigenvalue weighted by Crippen LogP contribution is -2.37. The van der Waals surface area contributed by atoms with Gasteiger partial charge in [-0.05, 0) is 70.8 Å². The average molecular weight is 603 g/mol. The van der Waals surface area contributed by atoms with E-state index in [0.717, 1.165) is 0 Å². The molecule has 0 saturated heterocycles. The van der Waals surface area contributed by atoms with Crippen molar-refractivity contribution in [2.45, 2.75) is 15.2 Å². The van der Waals surface area contributed by atoms with Crippen molar-refractivity contribution in [1.29, 1.82) is 0 Å². The van der Waals surface area contributed by atoms with Gasteiger partial charge in [-0.3, -0.25) is 0 Å². The van der Waals surface area contributed by atoms with E-state index in [4.69, 9.17) is 0 Å². The second-order valence-electron chi connectivity index (χ2n) is 12.5. The lowest BCUT2D eigenvalue weighted by molar-refractivity contribution is 0.690. The first-order chi connectivity index (χ1) is 22.8. The second-order valence-corrected chi connectivity index (χ2v) is 13.6. The van der Waals surface area contributed by atoms with Gasteiger partial charge in [0.25, 0.3) is 0 Å². The Balaban J connectivity index is 1.38. The highest BCUT2D eigenvalue weighted by Gasteiger charge is 2.49. The van der Waals surface area contributed by atoms with Crippen LogP contribution in [0.25, 0.3) is 55.0 Å². The second kappa shape index (κ2) is 8.81. The molecule has 0 radical (unpaired) electrons. The van der Waals surface area contributed by atoms with Gasteiger partial charge in [0.1, 0.15) is 0 Å². The van der Waals surface area contributed by atoms with Gasteiger partial charge in [0.05, 0.1) is 33.2 Å². The normalized spacial score (nSPS) is 16.3. The fourth-order valence-corrected chi connectivity index (χ4v) is 9.85. The third kappa shape index (κ3) is 2.90. The predicted molar refractivity (Wildman–Crippen MR) is 191 cm³/mol. The van der Waals surface area contributed by atoms with Crippen molar-refractivity contribution < 1.29 is 0 Å². The maximum absolute atomic E-state index is 2.52. The molecule has 214 valence electrons. The topological polar surface area (TPSA) is 9.86 Å². The highest BCUT2D eigenvalue weighted by atomic mass is 32.2. The number of aromatic nitrogens is 2. The van der Waals surface area contributed by atoms with E-state index >= 15 is 0 Å². The Morgan fingerprint density at radius 1 is 0.391 bits per heavy atom. The summed E-state index contributed by atoms with van der Waals surface area (Å²) in [4.78, 5) is 2.64. The van der Waals surface area contributed by atoms with Crippen LogP contribution in [0, 0.1) is 0 Å². The van der Waals surface area contributed by atoms with Crippen molar-refractivity contribution in [2.24, 2.45) is 0 Å². The fourth-order valence-electron chi connectivity index (χ4n) is 8.64. The molecule has 1 spiro atoms. The molecule has 2 nitrogen and oxygen atoms in total. The summed E-state index contributed by atoms with van der Waals surface area (Å²) >= 11 is 1.91. The molecule has 2 aromatic heterocycles. The van der Waals surface area contributed by atoms with Crippen LogP contribution in [0.1, 0.15) is 22.3 Å². The number of hydrogen-bond donors (Lipinski definition) is 0. The first-order valence-corrected chi connectivity index (χ1v) is 16.7. The Bertz CT molecular complexity index is 2730. The quantitative estimate of drug-likeness (QED) is 0.182. The van der Waals surface area contributed by atoms with Gasteiger partial charge >= 0.3 is 0 Å². The molecule has 4 heterocycles. The molecule has 11 rings (SSSR count). The van der Waals surface area contributed by atoms with Crippen molar-refractivity contribution in [3.8, 4) is 11.4 Å². The van der Waals surface area contributed by atoms with Crippen LogP contribution in [0.5, 0.6) is 0 Å². The lowest BCUT2D eigenvalue weighted by Gasteiger charge is -2.45. The minimum absolute atomic E-state index is 0.496. The van der Waals surface area contributed by atoms with Crippen molar-refractivity contribution >= 4 is 55.4 Å². The molecule has 9 aromatic rings. The molecule has 46 heavy (non-hydrogen) atoms. The molecule has 0 fully saturated rings. The van der Waals surface area contributed by atoms with Gasteiger partial charge < -0.3 is 9.13 Å². The Hall–Kier alpha value is -5.51. The summed E-state index contributed by atoms with van der Waals surface area (Å²) < 4.78 is 4.97. The van der Waals surface area contributed by atoms with E-state index in [2.05, 4.69) is 167 Å². The number of fused-ring (bicyclic) bond motifs is 14. The Morgan fingerprint density at radius 3 is 1.87 bits per heavy atom. The van der Waals surface area contributed by atoms with Crippen LogP contribution in [0.3, 0.4) is 0 Å². The Labute approximate surface area is 270 Å². The minimum Gasteiger partial charge on any atom is -0.309 e. The predicted octanol–water partition coefficient (Wildman–Crippen LogP) is 11.0. The third-order valence-electron chi connectivity index (χ3n) is 10.4. The molecule has 1 atom stereocenters. The zero-order chi connectivity index (χ0) is 30.0. The van der Waals surface area contributed by atoms with E-state index < -0.39 is 5.41 Å². The molecule has 7 aromatic carbocycles. The first kappa shape index (κ1) is 24.8. The van der Waals surface area contributed by atoms with Crippen LogP contribution in [-0.4, -0.2) is 9.13 Å². The van der Waals surface area contributed by atoms with E-state index in [1.54, 1.807) is 0 Å². The molecule has 0 aliphatic carbocycles. The first-order valence-electron chi connectivity index (χ1n) is 15.9. The van der Waals surface area contributed by atoms with Crippen LogP contribution in [0.4, 0.5) is 0 Å². The monoisotopic (exact) mass is 602 g/mol. The molecule has 1 unspecified atom stereocenters. The smallest absolute Gasteiger partial charge is 0.0765 e. The lowest BCUT2D eigenvalue weighted by atomic mass is 9.62. The van der Waals surface area contributed by atoms with Crippen LogP contribution in [0.2, 0.25) is 0 Å². The van der Waals surface area contributed by atoms with Crippen LogP contribution in [0.15, 0.2) is 168 Å². The number of benzene rings is 7. The van der Waals surface area contributed by atoms with Gasteiger partial charge in [0.15, 0.2) is 0 Å². The summed E-state index contributed by atoms with van der Waals surface area (Å²) in [5.41, 5.74) is 12.3. The maximum atomic E-state index is 2.52. The summed E-state index contributed by atoms with van der Waals surface area (Å²) in [5, 5.41) is 5.17. The van der Waals surface area contributed by atoms with Crippen LogP contribution in [-0.2, 0) is 5.41 Å². The molecule has 0 bridgehead atoms. The molecule has 0 saturated carbocycles. The van der Waals surface area contributed by atoms with Crippen LogP contribution >= 0.6 is 11.8 Å². The minimum atomic E-state index is -0.496. The highest BCUT2D eigenvalue weighted by Crippen LogP contribution is 2.61. The van der Waals surface area contributed by atoms with Gasteiger partial charge in [-0.2, -0.15) is 0 Å². The number of nitrogens with zero attached hydrogens (tertiary/aromatic N) is 2. The van der Waals surface area contributed by atoms with Crippen molar-refractivity contribution in [3.05, 3.63) is 180 Å². The van der Waals surface area contributed by atoms with Gasteiger partial charge in [-0.1, -0.05) is 121 Å². The van der Waals surface area contributed by atoms with E-state index in [1.807, 2.05) is 11.8 Å². The van der Waals surface area contributed by atoms with E-state index in [1.165, 1.54) is 87.0 Å². The average Bonchev–Trinajstić information content (AvgIpc) is 3.63. The number of para-hydroxylation sites is 5. The van der Waals surface area contributed by atoms with Gasteiger partial charge in [0, 0.05) is 37.0 Å². The van der Waals surface area contributed by atoms with Crippen LogP contribution < -0.4 is 0 Å². The number of hydrogen-bond acceptors (Lipinski definition) is 1. The third-order valence-corrected chi connectivity index (χ3v) is 11.5. The Kier molecular flexibility index (Phi) is 4.74. The van der Waals surface area contributed by atoms with E-state index in [9.17, 15) is 0 Å². The Morgan fingerprint density at radius 2 is 1.02 bits per heavy atom. The zero-order valence-corrected chi connectivity index (χ0v) is 25.6. The maximum Gasteiger partial charge on any atom is 0.0765 e. The molecule has 2 aliphatic heterocycles. The molecular weight excluding hydrogens is 577 g/mol. The van der Waals surface area contributed by atoms with Crippen molar-refractivity contribution in [1.82, 2.24) is 9.13 Å². The van der Waals surface area contributed by atoms with Crippen molar-refractivity contribution in [3.63, 3.8) is 0 Å². The summed E-state index contributed by atoms with van der Waals surface area (Å²) in [6.07, 6.45) is 0. The molecular formula is C43H26N2S. The van der Waals surface area contributed by atoms with Gasteiger partial charge in [-0.25, -0.2) is 0 Å². The highest BCUT2D eigenvalue weighted by molar-refractivity contribution is 7.99. The SMILES string of the molecule is c1ccc(-n2c3ccccc3c3cc4c(cc32)C2(c3ccccc3S4)c3ccccc3-n3c4ccccc4c4cccc2c43)cc1. The number of rotatable bonds is 1. The molecule has 3 heteroatoms. The molecule has 2 aliphatic rings. The van der Waals surface area contributed by atoms with Crippen molar-refractivity contribution in [2.75, 3.05) is 0 Å². The van der Waals surface area contributed by atoms with E-state index in [0.29, 0.717) is 0 Å².